The molecule has 1 rings (SSSR count). The van der Waals surface area contributed by atoms with Gasteiger partial charge in [0.1, 0.15) is 0 Å². The minimum Gasteiger partial charge on any atom is -0.481 e. The molecule has 0 bridgehead atoms. The Kier molecular flexibility index (Phi) is 4.94. The van der Waals surface area contributed by atoms with Crippen LogP contribution in [0.1, 0.15) is 45.4 Å². The van der Waals surface area contributed by atoms with Crippen LogP contribution in [-0.2, 0) is 4.79 Å². The molecular formula is C11H21NO2. The van der Waals surface area contributed by atoms with Crippen molar-refractivity contribution in [2.75, 3.05) is 6.54 Å². The highest BCUT2D eigenvalue weighted by atomic mass is 16.4. The fourth-order valence-corrected chi connectivity index (χ4v) is 2.21. The minimum atomic E-state index is -0.714. The van der Waals surface area contributed by atoms with Gasteiger partial charge in [-0.1, -0.05) is 19.3 Å². The van der Waals surface area contributed by atoms with Gasteiger partial charge in [0.05, 0.1) is 6.42 Å². The predicted molar refractivity (Wildman–Crippen MR) is 56.3 cm³/mol. The molecule has 2 N–H and O–H groups in total. The molecule has 3 heteroatoms. The van der Waals surface area contributed by atoms with E-state index < -0.39 is 5.97 Å². The molecule has 0 radical (unpaired) electrons. The molecule has 0 aromatic rings. The Balaban J connectivity index is 2.13. The Morgan fingerprint density at radius 2 is 2.07 bits per heavy atom. The third kappa shape index (κ3) is 4.09. The van der Waals surface area contributed by atoms with Crippen molar-refractivity contribution < 1.29 is 9.90 Å². The summed E-state index contributed by atoms with van der Waals surface area (Å²) in [5.74, 6) is 0.0471. The Morgan fingerprint density at radius 3 is 2.64 bits per heavy atom. The van der Waals surface area contributed by atoms with Crippen LogP contribution >= 0.6 is 0 Å². The summed E-state index contributed by atoms with van der Waals surface area (Å²) in [5.41, 5.74) is 0. The van der Waals surface area contributed by atoms with Gasteiger partial charge in [0, 0.05) is 12.6 Å². The number of nitrogens with one attached hydrogen (secondary N) is 1. The Bertz CT molecular complexity index is 176. The fraction of sp³-hybridized carbons (Fsp3) is 0.909. The third-order valence-corrected chi connectivity index (χ3v) is 3.16. The van der Waals surface area contributed by atoms with E-state index in [0.29, 0.717) is 12.6 Å². The van der Waals surface area contributed by atoms with Gasteiger partial charge in [-0.25, -0.2) is 0 Å². The van der Waals surface area contributed by atoms with Crippen LogP contribution in [0.4, 0.5) is 0 Å². The molecule has 1 fully saturated rings. The van der Waals surface area contributed by atoms with Gasteiger partial charge in [-0.2, -0.15) is 0 Å². The summed E-state index contributed by atoms with van der Waals surface area (Å²) in [4.78, 5) is 10.3. The maximum atomic E-state index is 10.3. The second-order valence-corrected chi connectivity index (χ2v) is 4.28. The quantitative estimate of drug-likeness (QED) is 0.712. The molecule has 3 nitrogen and oxygen atoms in total. The van der Waals surface area contributed by atoms with Crippen molar-refractivity contribution in [3.8, 4) is 0 Å². The highest BCUT2D eigenvalue weighted by molar-refractivity contribution is 5.66. The van der Waals surface area contributed by atoms with Crippen molar-refractivity contribution in [1.82, 2.24) is 5.32 Å². The molecule has 0 saturated heterocycles. The summed E-state index contributed by atoms with van der Waals surface area (Å²) in [5, 5.41) is 11.8. The molecule has 1 unspecified atom stereocenters. The zero-order chi connectivity index (χ0) is 10.4. The predicted octanol–water partition coefficient (Wildman–Crippen LogP) is 2.02. The highest BCUT2D eigenvalue weighted by Gasteiger charge is 2.19. The van der Waals surface area contributed by atoms with Crippen molar-refractivity contribution in [1.29, 1.82) is 0 Å². The van der Waals surface area contributed by atoms with Crippen LogP contribution in [0.3, 0.4) is 0 Å². The maximum absolute atomic E-state index is 10.3. The van der Waals surface area contributed by atoms with E-state index in [1.54, 1.807) is 0 Å². The van der Waals surface area contributed by atoms with E-state index in [1.165, 1.54) is 32.1 Å². The van der Waals surface area contributed by atoms with Gasteiger partial charge in [-0.05, 0) is 25.7 Å². The first kappa shape index (κ1) is 11.5. The zero-order valence-corrected chi connectivity index (χ0v) is 8.96. The summed E-state index contributed by atoms with van der Waals surface area (Å²) < 4.78 is 0. The zero-order valence-electron chi connectivity index (χ0n) is 8.96. The first-order chi connectivity index (χ1) is 6.70. The molecule has 82 valence electrons. The lowest BCUT2D eigenvalue weighted by Crippen LogP contribution is -2.35. The number of carbonyl (C=O) groups is 1. The van der Waals surface area contributed by atoms with Crippen molar-refractivity contribution in [3.63, 3.8) is 0 Å². The van der Waals surface area contributed by atoms with Crippen LogP contribution in [0.25, 0.3) is 0 Å². The van der Waals surface area contributed by atoms with Crippen molar-refractivity contribution >= 4 is 5.97 Å². The average molecular weight is 199 g/mol. The highest BCUT2D eigenvalue weighted by Crippen LogP contribution is 2.26. The summed E-state index contributed by atoms with van der Waals surface area (Å²) in [6.45, 7) is 2.78. The number of carboxylic acids is 1. The van der Waals surface area contributed by atoms with Crippen LogP contribution in [0.5, 0.6) is 0 Å². The van der Waals surface area contributed by atoms with Gasteiger partial charge in [-0.15, -0.1) is 0 Å². The number of hydrogen-bond donors (Lipinski definition) is 2. The van der Waals surface area contributed by atoms with Crippen LogP contribution in [-0.4, -0.2) is 23.7 Å². The van der Waals surface area contributed by atoms with E-state index >= 15 is 0 Å². The molecular weight excluding hydrogens is 178 g/mol. The molecule has 1 atom stereocenters. The molecule has 1 saturated carbocycles. The Morgan fingerprint density at radius 1 is 1.43 bits per heavy atom. The molecule has 0 heterocycles. The van der Waals surface area contributed by atoms with E-state index in [4.69, 9.17) is 5.11 Å². The second kappa shape index (κ2) is 6.02. The summed E-state index contributed by atoms with van der Waals surface area (Å²) in [7, 11) is 0. The first-order valence-electron chi connectivity index (χ1n) is 5.65. The smallest absolute Gasteiger partial charge is 0.304 e. The van der Waals surface area contributed by atoms with Gasteiger partial charge in [0.25, 0.3) is 0 Å². The normalized spacial score (nSPS) is 20.6. The molecule has 0 spiro atoms. The number of rotatable bonds is 5. The van der Waals surface area contributed by atoms with Crippen LogP contribution < -0.4 is 5.32 Å². The molecule has 1 aliphatic rings. The second-order valence-electron chi connectivity index (χ2n) is 4.28. The van der Waals surface area contributed by atoms with E-state index in [-0.39, 0.29) is 6.42 Å². The van der Waals surface area contributed by atoms with Crippen LogP contribution in [0, 0.1) is 5.92 Å². The summed E-state index contributed by atoms with van der Waals surface area (Å²) in [6, 6.07) is 0.481. The molecule has 14 heavy (non-hydrogen) atoms. The van der Waals surface area contributed by atoms with E-state index in [9.17, 15) is 4.79 Å². The topological polar surface area (TPSA) is 49.3 Å². The summed E-state index contributed by atoms with van der Waals surface area (Å²) in [6.07, 6.45) is 6.91. The summed E-state index contributed by atoms with van der Waals surface area (Å²) >= 11 is 0. The fourth-order valence-electron chi connectivity index (χ4n) is 2.21. The van der Waals surface area contributed by atoms with Crippen LogP contribution in [0.2, 0.25) is 0 Å². The largest absolute Gasteiger partial charge is 0.481 e. The molecule has 0 aliphatic heterocycles. The van der Waals surface area contributed by atoms with Crippen molar-refractivity contribution in [3.05, 3.63) is 0 Å². The van der Waals surface area contributed by atoms with Crippen molar-refractivity contribution in [2.45, 2.75) is 51.5 Å². The number of carboxylic acid groups (broad SMARTS) is 1. The first-order valence-corrected chi connectivity index (χ1v) is 5.65. The van der Waals surface area contributed by atoms with E-state index in [1.807, 2.05) is 0 Å². The van der Waals surface area contributed by atoms with Gasteiger partial charge < -0.3 is 10.4 Å². The van der Waals surface area contributed by atoms with Gasteiger partial charge in [0.2, 0.25) is 0 Å². The third-order valence-electron chi connectivity index (χ3n) is 3.16. The van der Waals surface area contributed by atoms with Gasteiger partial charge in [0.15, 0.2) is 0 Å². The lowest BCUT2D eigenvalue weighted by molar-refractivity contribution is -0.136. The maximum Gasteiger partial charge on any atom is 0.304 e. The lowest BCUT2D eigenvalue weighted by atomic mass is 9.84. The average Bonchev–Trinajstić information content (AvgIpc) is 2.18. The number of hydrogen-bond acceptors (Lipinski definition) is 2. The lowest BCUT2D eigenvalue weighted by Gasteiger charge is -2.28. The number of aliphatic carboxylic acids is 1. The minimum absolute atomic E-state index is 0.233. The van der Waals surface area contributed by atoms with Crippen molar-refractivity contribution in [2.24, 2.45) is 5.92 Å². The van der Waals surface area contributed by atoms with E-state index in [2.05, 4.69) is 12.2 Å². The Hall–Kier alpha value is -0.570. The monoisotopic (exact) mass is 199 g/mol. The molecule has 0 aromatic carbocycles. The molecule has 0 amide bonds. The SMILES string of the molecule is CC(NCCC(=O)O)C1CCCCC1. The molecule has 0 aromatic heterocycles. The van der Waals surface area contributed by atoms with Crippen LogP contribution in [0.15, 0.2) is 0 Å². The van der Waals surface area contributed by atoms with Gasteiger partial charge >= 0.3 is 5.97 Å². The van der Waals surface area contributed by atoms with Gasteiger partial charge in [-0.3, -0.25) is 4.79 Å². The Labute approximate surface area is 85.9 Å². The molecule has 1 aliphatic carbocycles. The van der Waals surface area contributed by atoms with E-state index in [0.717, 1.165) is 5.92 Å². The standard InChI is InChI=1S/C11H21NO2/c1-9(12-8-7-11(13)14)10-5-3-2-4-6-10/h9-10,12H,2-8H2,1H3,(H,13,14).